The van der Waals surface area contributed by atoms with Gasteiger partial charge in [0.2, 0.25) is 0 Å². The Morgan fingerprint density at radius 2 is 1.96 bits per heavy atom. The Morgan fingerprint density at radius 3 is 2.58 bits per heavy atom. The molecule has 2 rings (SSSR count). The van der Waals surface area contributed by atoms with Gasteiger partial charge < -0.3 is 20.3 Å². The summed E-state index contributed by atoms with van der Waals surface area (Å²) in [5.41, 5.74) is 1.14. The van der Waals surface area contributed by atoms with Crippen molar-refractivity contribution < 1.29 is 14.9 Å². The van der Waals surface area contributed by atoms with E-state index in [4.69, 9.17) is 16.3 Å². The molecule has 3 N–H and O–H groups in total. The first-order valence-electron chi connectivity index (χ1n) is 7.63. The molecule has 1 unspecified atom stereocenters. The molecule has 130 valence electrons. The molecule has 0 bridgehead atoms. The minimum absolute atomic E-state index is 0.0676. The molecular formula is C17H22ClN3O3. The second-order valence-electron chi connectivity index (χ2n) is 6.52. The Hall–Kier alpha value is -1.89. The quantitative estimate of drug-likeness (QED) is 0.741. The van der Waals surface area contributed by atoms with Gasteiger partial charge in [-0.3, -0.25) is 0 Å². The predicted octanol–water partition coefficient (Wildman–Crippen LogP) is 2.63. The summed E-state index contributed by atoms with van der Waals surface area (Å²) in [5, 5.41) is 31.1. The lowest BCUT2D eigenvalue weighted by Gasteiger charge is -2.23. The van der Waals surface area contributed by atoms with Crippen LogP contribution < -0.4 is 10.1 Å². The van der Waals surface area contributed by atoms with E-state index in [-0.39, 0.29) is 17.9 Å². The Kier molecular flexibility index (Phi) is 5.99. The van der Waals surface area contributed by atoms with Gasteiger partial charge in [0.15, 0.2) is 5.15 Å². The van der Waals surface area contributed by atoms with Crippen molar-refractivity contribution in [3.63, 3.8) is 0 Å². The fourth-order valence-electron chi connectivity index (χ4n) is 1.97. The average Bonchev–Trinajstić information content (AvgIpc) is 2.51. The van der Waals surface area contributed by atoms with Crippen molar-refractivity contribution in [2.45, 2.75) is 32.4 Å². The van der Waals surface area contributed by atoms with Crippen LogP contribution in [0.5, 0.6) is 11.5 Å². The summed E-state index contributed by atoms with van der Waals surface area (Å²) in [6.45, 7) is 6.55. The molecule has 1 atom stereocenters. The number of ether oxygens (including phenoxy) is 1. The lowest BCUT2D eigenvalue weighted by atomic mass is 10.1. The molecule has 24 heavy (non-hydrogen) atoms. The molecule has 0 aliphatic rings. The number of phenols is 1. The maximum absolute atomic E-state index is 10.0. The molecule has 0 aliphatic heterocycles. The van der Waals surface area contributed by atoms with Gasteiger partial charge >= 0.3 is 0 Å². The number of β-amino-alcohol motifs (C(OH)–C–C–N with tert-alkyl or cyclic N) is 1. The van der Waals surface area contributed by atoms with E-state index in [0.717, 1.165) is 0 Å². The largest absolute Gasteiger partial charge is 0.508 e. The van der Waals surface area contributed by atoms with Gasteiger partial charge in [-0.1, -0.05) is 11.6 Å². The smallest absolute Gasteiger partial charge is 0.151 e. The van der Waals surface area contributed by atoms with Crippen LogP contribution in [0.4, 0.5) is 0 Å². The van der Waals surface area contributed by atoms with Crippen LogP contribution in [0.3, 0.4) is 0 Å². The number of aliphatic hydroxyl groups is 1. The van der Waals surface area contributed by atoms with Crippen LogP contribution in [0, 0.1) is 0 Å². The minimum Gasteiger partial charge on any atom is -0.508 e. The van der Waals surface area contributed by atoms with Crippen molar-refractivity contribution in [1.29, 1.82) is 0 Å². The molecule has 0 amide bonds. The minimum atomic E-state index is -0.685. The Morgan fingerprint density at radius 1 is 1.21 bits per heavy atom. The lowest BCUT2D eigenvalue weighted by molar-refractivity contribution is 0.100. The zero-order valence-corrected chi connectivity index (χ0v) is 14.7. The van der Waals surface area contributed by atoms with Crippen LogP contribution in [0.25, 0.3) is 11.3 Å². The Balaban J connectivity index is 2.09. The van der Waals surface area contributed by atoms with E-state index in [1.165, 1.54) is 12.1 Å². The Bertz CT molecular complexity index is 672. The third-order valence-corrected chi connectivity index (χ3v) is 3.37. The van der Waals surface area contributed by atoms with Crippen LogP contribution >= 0.6 is 11.6 Å². The molecule has 0 fully saturated rings. The third-order valence-electron chi connectivity index (χ3n) is 3.17. The van der Waals surface area contributed by atoms with Gasteiger partial charge in [-0.05, 0) is 45.0 Å². The third kappa shape index (κ3) is 5.63. The topological polar surface area (TPSA) is 87.5 Å². The first kappa shape index (κ1) is 18.4. The van der Waals surface area contributed by atoms with Crippen molar-refractivity contribution in [2.75, 3.05) is 13.2 Å². The summed E-state index contributed by atoms with van der Waals surface area (Å²) in [4.78, 5) is 0. The molecule has 1 heterocycles. The molecule has 1 aromatic carbocycles. The molecule has 0 saturated carbocycles. The number of phenolic OH excluding ortho intramolecular Hbond substituents is 1. The van der Waals surface area contributed by atoms with Crippen molar-refractivity contribution in [3.8, 4) is 22.8 Å². The first-order chi connectivity index (χ1) is 11.2. The number of rotatable bonds is 6. The van der Waals surface area contributed by atoms with Crippen LogP contribution in [-0.2, 0) is 0 Å². The summed E-state index contributed by atoms with van der Waals surface area (Å²) < 4.78 is 5.68. The van der Waals surface area contributed by atoms with Gasteiger partial charge in [0.05, 0.1) is 5.69 Å². The highest BCUT2D eigenvalue weighted by Crippen LogP contribution is 2.32. The molecule has 1 aromatic heterocycles. The number of hydrogen-bond donors (Lipinski definition) is 3. The molecule has 0 spiro atoms. The van der Waals surface area contributed by atoms with Gasteiger partial charge in [-0.2, -0.15) is 0 Å². The van der Waals surface area contributed by atoms with E-state index in [9.17, 15) is 10.2 Å². The zero-order valence-electron chi connectivity index (χ0n) is 14.0. The first-order valence-corrected chi connectivity index (χ1v) is 8.01. The average molecular weight is 352 g/mol. The molecule has 6 nitrogen and oxygen atoms in total. The summed E-state index contributed by atoms with van der Waals surface area (Å²) >= 11 is 5.75. The van der Waals surface area contributed by atoms with Gasteiger partial charge in [0.25, 0.3) is 0 Å². The Labute approximate surface area is 146 Å². The summed E-state index contributed by atoms with van der Waals surface area (Å²) in [6.07, 6.45) is -0.685. The number of aromatic hydroxyl groups is 1. The van der Waals surface area contributed by atoms with Crippen molar-refractivity contribution >= 4 is 11.6 Å². The van der Waals surface area contributed by atoms with Crippen molar-refractivity contribution in [2.24, 2.45) is 0 Å². The van der Waals surface area contributed by atoms with E-state index < -0.39 is 6.10 Å². The van der Waals surface area contributed by atoms with E-state index in [2.05, 4.69) is 15.5 Å². The molecule has 0 aliphatic carbocycles. The second-order valence-corrected chi connectivity index (χ2v) is 6.90. The van der Waals surface area contributed by atoms with Crippen LogP contribution in [0.2, 0.25) is 5.15 Å². The van der Waals surface area contributed by atoms with Crippen LogP contribution in [0.1, 0.15) is 20.8 Å². The summed E-state index contributed by atoms with van der Waals surface area (Å²) in [5.74, 6) is 0.486. The SMILES string of the molecule is CC(C)(C)NCC(O)COc1cc(O)ccc1-c1ccc(Cl)nn1. The highest BCUT2D eigenvalue weighted by Gasteiger charge is 2.15. The number of benzene rings is 1. The fourth-order valence-corrected chi connectivity index (χ4v) is 2.07. The monoisotopic (exact) mass is 351 g/mol. The lowest BCUT2D eigenvalue weighted by Crippen LogP contribution is -2.42. The highest BCUT2D eigenvalue weighted by atomic mass is 35.5. The maximum atomic E-state index is 10.0. The number of halogens is 1. The van der Waals surface area contributed by atoms with Crippen molar-refractivity contribution in [1.82, 2.24) is 15.5 Å². The van der Waals surface area contributed by atoms with Gasteiger partial charge in [0.1, 0.15) is 24.2 Å². The normalized spacial score (nSPS) is 12.9. The van der Waals surface area contributed by atoms with Gasteiger partial charge in [0, 0.05) is 23.7 Å². The number of nitrogens with zero attached hydrogens (tertiary/aromatic N) is 2. The second kappa shape index (κ2) is 7.79. The van der Waals surface area contributed by atoms with E-state index in [1.54, 1.807) is 18.2 Å². The van der Waals surface area contributed by atoms with Gasteiger partial charge in [-0.15, -0.1) is 10.2 Å². The van der Waals surface area contributed by atoms with Gasteiger partial charge in [-0.25, -0.2) is 0 Å². The standard InChI is InChI=1S/C17H22ClN3O3/c1-17(2,3)19-9-12(23)10-24-15-8-11(22)4-5-13(15)14-6-7-16(18)21-20-14/h4-8,12,19,22-23H,9-10H2,1-3H3. The molecule has 2 aromatic rings. The fraction of sp³-hybridized carbons (Fsp3) is 0.412. The highest BCUT2D eigenvalue weighted by molar-refractivity contribution is 6.29. The number of nitrogens with one attached hydrogen (secondary N) is 1. The molecule has 7 heteroatoms. The predicted molar refractivity (Wildman–Crippen MR) is 93.4 cm³/mol. The molecular weight excluding hydrogens is 330 g/mol. The summed E-state index contributed by atoms with van der Waals surface area (Å²) in [7, 11) is 0. The molecule has 0 saturated heterocycles. The van der Waals surface area contributed by atoms with Crippen LogP contribution in [-0.4, -0.2) is 45.2 Å². The van der Waals surface area contributed by atoms with Crippen LogP contribution in [0.15, 0.2) is 30.3 Å². The summed E-state index contributed by atoms with van der Waals surface area (Å²) in [6, 6.07) is 8.04. The molecule has 0 radical (unpaired) electrons. The van der Waals surface area contributed by atoms with E-state index in [1.807, 2.05) is 20.8 Å². The maximum Gasteiger partial charge on any atom is 0.151 e. The van der Waals surface area contributed by atoms with E-state index in [0.29, 0.717) is 28.7 Å². The van der Waals surface area contributed by atoms with Crippen molar-refractivity contribution in [3.05, 3.63) is 35.5 Å². The number of aliphatic hydroxyl groups excluding tert-OH is 1. The zero-order chi connectivity index (χ0) is 17.7. The van der Waals surface area contributed by atoms with E-state index >= 15 is 0 Å². The number of aromatic nitrogens is 2. The number of hydrogen-bond acceptors (Lipinski definition) is 6.